The summed E-state index contributed by atoms with van der Waals surface area (Å²) in [5.74, 6) is 1.65. The van der Waals surface area contributed by atoms with Gasteiger partial charge in [0, 0.05) is 57.8 Å². The molecule has 2 aliphatic rings. The fourth-order valence-electron chi connectivity index (χ4n) is 4.20. The maximum Gasteiger partial charge on any atom is 0.193 e. The smallest absolute Gasteiger partial charge is 0.193 e. The van der Waals surface area contributed by atoms with Crippen LogP contribution in [-0.4, -0.2) is 84.8 Å². The zero-order valence-electron chi connectivity index (χ0n) is 17.1. The van der Waals surface area contributed by atoms with Gasteiger partial charge in [-0.3, -0.25) is 4.99 Å². The Morgan fingerprint density at radius 3 is 2.70 bits per heavy atom. The molecular formula is C19H35IN6O. The Hall–Kier alpha value is -0.870. The van der Waals surface area contributed by atoms with Gasteiger partial charge < -0.3 is 24.4 Å². The van der Waals surface area contributed by atoms with Crippen LogP contribution >= 0.6 is 24.0 Å². The summed E-state index contributed by atoms with van der Waals surface area (Å²) < 4.78 is 7.83. The molecule has 2 saturated heterocycles. The van der Waals surface area contributed by atoms with E-state index in [2.05, 4.69) is 56.9 Å². The molecule has 0 amide bonds. The number of likely N-dealkylation sites (N-methyl/N-ethyl adjacent to an activating group) is 1. The maximum absolute atomic E-state index is 5.59. The Bertz CT molecular complexity index is 585. The number of hydrogen-bond acceptors (Lipinski definition) is 4. The van der Waals surface area contributed by atoms with E-state index in [4.69, 9.17) is 4.74 Å². The molecule has 0 bridgehead atoms. The van der Waals surface area contributed by atoms with Gasteiger partial charge in [-0.05, 0) is 39.3 Å². The Kier molecular flexibility index (Phi) is 8.36. The number of rotatable bonds is 4. The monoisotopic (exact) mass is 490 g/mol. The fourth-order valence-corrected chi connectivity index (χ4v) is 4.20. The number of hydrogen-bond donors (Lipinski definition) is 1. The van der Waals surface area contributed by atoms with E-state index in [-0.39, 0.29) is 29.5 Å². The minimum Gasteiger partial charge on any atom is -0.381 e. The highest BCUT2D eigenvalue weighted by molar-refractivity contribution is 14.0. The molecular weight excluding hydrogens is 455 g/mol. The summed E-state index contributed by atoms with van der Waals surface area (Å²) in [5.41, 5.74) is 0.140. The van der Waals surface area contributed by atoms with Crippen LogP contribution < -0.4 is 5.32 Å². The summed E-state index contributed by atoms with van der Waals surface area (Å²) in [5, 5.41) is 3.67. The van der Waals surface area contributed by atoms with Crippen molar-refractivity contribution in [1.82, 2.24) is 24.7 Å². The largest absolute Gasteiger partial charge is 0.381 e. The number of aromatic nitrogens is 2. The van der Waals surface area contributed by atoms with Crippen LogP contribution in [0.4, 0.5) is 0 Å². The van der Waals surface area contributed by atoms with Crippen molar-refractivity contribution in [3.05, 3.63) is 18.7 Å². The Morgan fingerprint density at radius 1 is 1.37 bits per heavy atom. The number of ether oxygens (including phenoxy) is 1. The molecule has 1 aromatic rings. The van der Waals surface area contributed by atoms with Crippen molar-refractivity contribution in [3.8, 4) is 0 Å². The van der Waals surface area contributed by atoms with Crippen molar-refractivity contribution in [1.29, 1.82) is 0 Å². The van der Waals surface area contributed by atoms with Crippen molar-refractivity contribution in [2.24, 2.45) is 10.9 Å². The molecule has 2 atom stereocenters. The van der Waals surface area contributed by atoms with E-state index >= 15 is 0 Å². The second kappa shape index (κ2) is 10.1. The van der Waals surface area contributed by atoms with E-state index < -0.39 is 0 Å². The normalized spacial score (nSPS) is 26.0. The lowest BCUT2D eigenvalue weighted by atomic mass is 9.88. The number of nitrogens with one attached hydrogen (secondary N) is 1. The first-order valence-electron chi connectivity index (χ1n) is 9.74. The Balaban J connectivity index is 0.00000261. The van der Waals surface area contributed by atoms with Crippen molar-refractivity contribution in [3.63, 3.8) is 0 Å². The number of nitrogens with zero attached hydrogens (tertiary/aromatic N) is 5. The van der Waals surface area contributed by atoms with Crippen LogP contribution in [0.3, 0.4) is 0 Å². The van der Waals surface area contributed by atoms with Crippen molar-refractivity contribution < 1.29 is 4.74 Å². The highest BCUT2D eigenvalue weighted by Crippen LogP contribution is 2.28. The van der Waals surface area contributed by atoms with Gasteiger partial charge in [0.1, 0.15) is 0 Å². The van der Waals surface area contributed by atoms with Crippen molar-refractivity contribution in [2.75, 3.05) is 54.0 Å². The summed E-state index contributed by atoms with van der Waals surface area (Å²) in [6, 6.07) is 0.440. The second-order valence-corrected chi connectivity index (χ2v) is 7.92. The summed E-state index contributed by atoms with van der Waals surface area (Å²) in [6.45, 7) is 6.92. The van der Waals surface area contributed by atoms with Gasteiger partial charge in [-0.2, -0.15) is 0 Å². The highest BCUT2D eigenvalue weighted by Gasteiger charge is 2.36. The second-order valence-electron chi connectivity index (χ2n) is 7.92. The number of aliphatic imine (C=N–C) groups is 1. The van der Waals surface area contributed by atoms with Crippen LogP contribution in [0.25, 0.3) is 0 Å². The predicted molar refractivity (Wildman–Crippen MR) is 120 cm³/mol. The highest BCUT2D eigenvalue weighted by atomic mass is 127. The average molecular weight is 490 g/mol. The van der Waals surface area contributed by atoms with E-state index in [1.54, 1.807) is 0 Å². The lowest BCUT2D eigenvalue weighted by Crippen LogP contribution is -2.58. The quantitative estimate of drug-likeness (QED) is 0.398. The van der Waals surface area contributed by atoms with Gasteiger partial charge in [-0.1, -0.05) is 6.92 Å². The fraction of sp³-hybridized carbons (Fsp3) is 0.789. The minimum atomic E-state index is 0. The van der Waals surface area contributed by atoms with Gasteiger partial charge in [-0.15, -0.1) is 24.0 Å². The van der Waals surface area contributed by atoms with Crippen LogP contribution in [0.1, 0.15) is 32.2 Å². The number of likely N-dealkylation sites (tertiary alicyclic amines) is 1. The van der Waals surface area contributed by atoms with E-state index in [0.29, 0.717) is 12.0 Å². The number of halogens is 1. The standard InChI is InChI=1S/C19H34N6O.HI/c1-16-5-9-24(13-17(16)25-10-8-21-15-25)18(20-2)22-14-19(23(3)4)6-11-26-12-7-19;/h8,10,15-17H,5-7,9,11-14H2,1-4H3,(H,20,22);1H. The third kappa shape index (κ3) is 5.14. The molecule has 0 saturated carbocycles. The van der Waals surface area contributed by atoms with Gasteiger partial charge in [0.05, 0.1) is 12.4 Å². The zero-order chi connectivity index (χ0) is 18.6. The van der Waals surface area contributed by atoms with E-state index in [9.17, 15) is 0 Å². The summed E-state index contributed by atoms with van der Waals surface area (Å²) in [6.07, 6.45) is 9.14. The first-order chi connectivity index (χ1) is 12.6. The molecule has 7 nitrogen and oxygen atoms in total. The first kappa shape index (κ1) is 22.4. The third-order valence-electron chi connectivity index (χ3n) is 6.29. The van der Waals surface area contributed by atoms with Gasteiger partial charge in [0.2, 0.25) is 0 Å². The molecule has 2 unspecified atom stereocenters. The van der Waals surface area contributed by atoms with Crippen LogP contribution in [0, 0.1) is 5.92 Å². The molecule has 2 aliphatic heterocycles. The summed E-state index contributed by atoms with van der Waals surface area (Å²) >= 11 is 0. The molecule has 0 aromatic carbocycles. The molecule has 27 heavy (non-hydrogen) atoms. The molecule has 0 radical (unpaired) electrons. The molecule has 1 N–H and O–H groups in total. The Labute approximate surface area is 180 Å². The van der Waals surface area contributed by atoms with Crippen molar-refractivity contribution >= 4 is 29.9 Å². The molecule has 0 spiro atoms. The molecule has 3 heterocycles. The van der Waals surface area contributed by atoms with Gasteiger partial charge in [-0.25, -0.2) is 4.98 Å². The summed E-state index contributed by atoms with van der Waals surface area (Å²) in [7, 11) is 6.24. The minimum absolute atomic E-state index is 0. The van der Waals surface area contributed by atoms with Crippen LogP contribution in [0.2, 0.25) is 0 Å². The number of guanidine groups is 1. The topological polar surface area (TPSA) is 57.9 Å². The predicted octanol–water partition coefficient (Wildman–Crippen LogP) is 2.07. The van der Waals surface area contributed by atoms with Crippen LogP contribution in [0.5, 0.6) is 0 Å². The van der Waals surface area contributed by atoms with Gasteiger partial charge in [0.25, 0.3) is 0 Å². The lowest BCUT2D eigenvalue weighted by Gasteiger charge is -2.44. The third-order valence-corrected chi connectivity index (χ3v) is 6.29. The van der Waals surface area contributed by atoms with Crippen molar-refractivity contribution in [2.45, 2.75) is 37.8 Å². The lowest BCUT2D eigenvalue weighted by molar-refractivity contribution is -0.00537. The molecule has 2 fully saturated rings. The van der Waals surface area contributed by atoms with Gasteiger partial charge in [0.15, 0.2) is 5.96 Å². The number of imidazole rings is 1. The molecule has 8 heteroatoms. The summed E-state index contributed by atoms with van der Waals surface area (Å²) in [4.78, 5) is 13.6. The average Bonchev–Trinajstić information content (AvgIpc) is 3.18. The Morgan fingerprint density at radius 2 is 2.11 bits per heavy atom. The zero-order valence-corrected chi connectivity index (χ0v) is 19.4. The molecule has 3 rings (SSSR count). The molecule has 1 aromatic heterocycles. The van der Waals surface area contributed by atoms with E-state index in [1.807, 2.05) is 19.6 Å². The molecule has 0 aliphatic carbocycles. The van der Waals surface area contributed by atoms with Crippen LogP contribution in [0.15, 0.2) is 23.7 Å². The molecule has 154 valence electrons. The maximum atomic E-state index is 5.59. The SMILES string of the molecule is CN=C(NCC1(N(C)C)CCOCC1)N1CCC(C)C(n2ccnc2)C1.I. The van der Waals surface area contributed by atoms with E-state index in [1.165, 1.54) is 0 Å². The van der Waals surface area contributed by atoms with Gasteiger partial charge >= 0.3 is 0 Å². The first-order valence-corrected chi connectivity index (χ1v) is 9.74. The number of piperidine rings is 1. The van der Waals surface area contributed by atoms with E-state index in [0.717, 1.165) is 58.1 Å². The van der Waals surface area contributed by atoms with Crippen LogP contribution in [-0.2, 0) is 4.74 Å².